The van der Waals surface area contributed by atoms with Crippen molar-refractivity contribution >= 4 is 9.92 Å². The zero-order valence-electron chi connectivity index (χ0n) is 6.95. The molecule has 1 heterocycles. The fourth-order valence-electron chi connectivity index (χ4n) is 1.35. The van der Waals surface area contributed by atoms with Gasteiger partial charge >= 0.3 is 0 Å². The van der Waals surface area contributed by atoms with Gasteiger partial charge in [-0.25, -0.2) is 14.1 Å². The first kappa shape index (κ1) is 8.52. The molecule has 1 aliphatic heterocycles. The smallest absolute Gasteiger partial charge is 0.132 e. The maximum atomic E-state index is 11.2. The lowest BCUT2D eigenvalue weighted by molar-refractivity contribution is 0.356. The van der Waals surface area contributed by atoms with Gasteiger partial charge in [-0.3, -0.25) is 0 Å². The summed E-state index contributed by atoms with van der Waals surface area (Å²) < 4.78 is 23.7. The highest BCUT2D eigenvalue weighted by atomic mass is 32.2. The Hall–Kier alpha value is -1.07. The average molecular weight is 198 g/mol. The molecule has 0 saturated heterocycles. The van der Waals surface area contributed by atoms with E-state index in [1.807, 2.05) is 0 Å². The van der Waals surface area contributed by atoms with Crippen molar-refractivity contribution in [2.75, 3.05) is 6.61 Å². The second kappa shape index (κ2) is 2.71. The third-order valence-electron chi connectivity index (χ3n) is 2.01. The molecule has 5 heteroatoms. The van der Waals surface area contributed by atoms with Gasteiger partial charge in [0.15, 0.2) is 0 Å². The largest absolute Gasteiger partial charge is 0.493 e. The third kappa shape index (κ3) is 1.52. The molecule has 1 aromatic carbocycles. The molecule has 70 valence electrons. The monoisotopic (exact) mass is 198 g/mol. The molecular weight excluding hydrogens is 188 g/mol. The van der Waals surface area contributed by atoms with Crippen molar-refractivity contribution in [1.82, 2.24) is 0 Å². The third-order valence-corrected chi connectivity index (χ3v) is 2.97. The van der Waals surface area contributed by atoms with E-state index in [9.17, 15) is 4.21 Å². The van der Waals surface area contributed by atoms with Crippen molar-refractivity contribution in [3.05, 3.63) is 23.8 Å². The van der Waals surface area contributed by atoms with Crippen LogP contribution in [0.2, 0.25) is 0 Å². The summed E-state index contributed by atoms with van der Waals surface area (Å²) in [5.74, 6) is 0.812. The van der Waals surface area contributed by atoms with Crippen molar-refractivity contribution < 1.29 is 8.95 Å². The molecular formula is C8H10N2O2S. The van der Waals surface area contributed by atoms with Gasteiger partial charge in [-0.1, -0.05) is 0 Å². The van der Waals surface area contributed by atoms with Gasteiger partial charge in [0.25, 0.3) is 0 Å². The van der Waals surface area contributed by atoms with Gasteiger partial charge in [0.05, 0.1) is 11.5 Å². The summed E-state index contributed by atoms with van der Waals surface area (Å²) in [6, 6.07) is 5.00. The van der Waals surface area contributed by atoms with E-state index in [1.165, 1.54) is 0 Å². The van der Waals surface area contributed by atoms with E-state index >= 15 is 0 Å². The van der Waals surface area contributed by atoms with Gasteiger partial charge in [0.2, 0.25) is 0 Å². The predicted octanol–water partition coefficient (Wildman–Crippen LogP) is 0.901. The van der Waals surface area contributed by atoms with Crippen LogP contribution in [-0.2, 0) is 16.3 Å². The highest BCUT2D eigenvalue weighted by Crippen LogP contribution is 2.27. The lowest BCUT2D eigenvalue weighted by atomic mass is 10.2. The average Bonchev–Trinajstić information content (AvgIpc) is 2.47. The summed E-state index contributed by atoms with van der Waals surface area (Å²) in [5, 5.41) is 5.20. The van der Waals surface area contributed by atoms with Crippen LogP contribution in [0.25, 0.3) is 0 Å². The Kier molecular flexibility index (Phi) is 1.78. The van der Waals surface area contributed by atoms with E-state index in [2.05, 4.69) is 0 Å². The van der Waals surface area contributed by atoms with Crippen LogP contribution in [0, 0.1) is 4.78 Å². The SMILES string of the molecule is N=S(N)(=O)c1ccc2c(c1)CCO2. The lowest BCUT2D eigenvalue weighted by Crippen LogP contribution is -2.10. The number of rotatable bonds is 1. The molecule has 4 nitrogen and oxygen atoms in total. The van der Waals surface area contributed by atoms with Gasteiger partial charge in [-0.05, 0) is 23.8 Å². The number of nitrogens with two attached hydrogens (primary N) is 1. The van der Waals surface area contributed by atoms with Gasteiger partial charge in [0.1, 0.15) is 15.7 Å². The standard InChI is InChI=1S/C8H10N2O2S/c9-13(10,11)7-1-2-8-6(5-7)3-4-12-8/h1-2,5H,3-4H2,(H3,9,10,11). The first-order valence-corrected chi connectivity index (χ1v) is 5.52. The molecule has 0 bridgehead atoms. The Morgan fingerprint density at radius 3 is 3.00 bits per heavy atom. The summed E-state index contributed by atoms with van der Waals surface area (Å²) in [5.41, 5.74) is 0.989. The first-order valence-electron chi connectivity index (χ1n) is 3.90. The fourth-order valence-corrected chi connectivity index (χ4v) is 1.94. The van der Waals surface area contributed by atoms with Crippen LogP contribution in [0.3, 0.4) is 0 Å². The molecule has 1 unspecified atom stereocenters. The summed E-state index contributed by atoms with van der Waals surface area (Å²) in [6.07, 6.45) is 0.804. The minimum Gasteiger partial charge on any atom is -0.493 e. The molecule has 0 saturated carbocycles. The number of nitrogens with one attached hydrogen (secondary N) is 1. The molecule has 0 amide bonds. The van der Waals surface area contributed by atoms with E-state index in [0.29, 0.717) is 11.5 Å². The van der Waals surface area contributed by atoms with Crippen LogP contribution < -0.4 is 9.88 Å². The van der Waals surface area contributed by atoms with Gasteiger partial charge in [0, 0.05) is 6.42 Å². The summed E-state index contributed by atoms with van der Waals surface area (Å²) >= 11 is 0. The summed E-state index contributed by atoms with van der Waals surface area (Å²) in [6.45, 7) is 0.655. The number of hydrogen-bond donors (Lipinski definition) is 2. The summed E-state index contributed by atoms with van der Waals surface area (Å²) in [7, 11) is -3.08. The zero-order valence-corrected chi connectivity index (χ0v) is 7.76. The van der Waals surface area contributed by atoms with Gasteiger partial charge in [-0.2, -0.15) is 0 Å². The van der Waals surface area contributed by atoms with Crippen molar-refractivity contribution in [3.63, 3.8) is 0 Å². The van der Waals surface area contributed by atoms with E-state index in [-0.39, 0.29) is 0 Å². The van der Waals surface area contributed by atoms with Crippen LogP contribution in [0.15, 0.2) is 23.1 Å². The van der Waals surface area contributed by atoms with Crippen molar-refractivity contribution in [2.24, 2.45) is 5.14 Å². The Morgan fingerprint density at radius 2 is 2.31 bits per heavy atom. The molecule has 1 aromatic rings. The molecule has 0 aromatic heterocycles. The molecule has 3 N–H and O–H groups in total. The maximum absolute atomic E-state index is 11.2. The Labute approximate surface area is 76.8 Å². The lowest BCUT2D eigenvalue weighted by Gasteiger charge is -2.03. The highest BCUT2D eigenvalue weighted by molar-refractivity contribution is 7.90. The van der Waals surface area contributed by atoms with Crippen molar-refractivity contribution in [1.29, 1.82) is 4.78 Å². The van der Waals surface area contributed by atoms with E-state index in [1.54, 1.807) is 18.2 Å². The normalized spacial score (nSPS) is 18.8. The molecule has 0 spiro atoms. The first-order chi connectivity index (χ1) is 6.07. The topological polar surface area (TPSA) is 76.2 Å². The molecule has 1 aliphatic rings. The van der Waals surface area contributed by atoms with Crippen LogP contribution in [0.4, 0.5) is 0 Å². The molecule has 0 radical (unpaired) electrons. The highest BCUT2D eigenvalue weighted by Gasteiger charge is 2.14. The van der Waals surface area contributed by atoms with E-state index < -0.39 is 9.92 Å². The second-order valence-electron chi connectivity index (χ2n) is 2.97. The number of benzene rings is 1. The van der Waals surface area contributed by atoms with Gasteiger partial charge in [-0.15, -0.1) is 0 Å². The van der Waals surface area contributed by atoms with Crippen LogP contribution in [0.1, 0.15) is 5.56 Å². The van der Waals surface area contributed by atoms with Crippen molar-refractivity contribution in [3.8, 4) is 5.75 Å². The van der Waals surface area contributed by atoms with Crippen LogP contribution in [0.5, 0.6) is 5.75 Å². The Balaban J connectivity index is 2.54. The maximum Gasteiger partial charge on any atom is 0.132 e. The Morgan fingerprint density at radius 1 is 1.54 bits per heavy atom. The molecule has 2 rings (SSSR count). The minimum atomic E-state index is -3.08. The number of fused-ring (bicyclic) bond motifs is 1. The van der Waals surface area contributed by atoms with Gasteiger partial charge < -0.3 is 4.74 Å². The summed E-state index contributed by atoms with van der Waals surface area (Å²) in [4.78, 5) is 0.372. The molecule has 0 aliphatic carbocycles. The molecule has 0 fully saturated rings. The quantitative estimate of drug-likeness (QED) is 0.703. The molecule has 13 heavy (non-hydrogen) atoms. The second-order valence-corrected chi connectivity index (χ2v) is 4.64. The minimum absolute atomic E-state index is 0.372. The fraction of sp³-hybridized carbons (Fsp3) is 0.250. The number of hydrogen-bond acceptors (Lipinski definition) is 3. The van der Waals surface area contributed by atoms with Crippen molar-refractivity contribution in [2.45, 2.75) is 11.3 Å². The Bertz CT molecular complexity index is 439. The van der Waals surface area contributed by atoms with Crippen LogP contribution >= 0.6 is 0 Å². The molecule has 1 atom stereocenters. The zero-order chi connectivity index (χ0) is 9.47. The van der Waals surface area contributed by atoms with E-state index in [4.69, 9.17) is 14.7 Å². The number of ether oxygens (including phenoxy) is 1. The van der Waals surface area contributed by atoms with Crippen LogP contribution in [-0.4, -0.2) is 10.8 Å². The predicted molar refractivity (Wildman–Crippen MR) is 49.0 cm³/mol. The van der Waals surface area contributed by atoms with E-state index in [0.717, 1.165) is 17.7 Å².